The molecule has 23 heavy (non-hydrogen) atoms. The number of piperazine rings is 1. The van der Waals surface area contributed by atoms with Gasteiger partial charge in [0.15, 0.2) is 5.13 Å². The van der Waals surface area contributed by atoms with Gasteiger partial charge in [0, 0.05) is 26.2 Å². The lowest BCUT2D eigenvalue weighted by molar-refractivity contribution is 0.0240. The SMILES string of the molecule is CCOC(=O)c1cnc(N2CCN(C(=O)OC(C)(C)C)CC2)s1. The van der Waals surface area contributed by atoms with Crippen molar-refractivity contribution in [2.75, 3.05) is 37.7 Å². The van der Waals surface area contributed by atoms with E-state index in [-0.39, 0.29) is 12.1 Å². The topological polar surface area (TPSA) is 72.0 Å². The molecule has 7 nitrogen and oxygen atoms in total. The Labute approximate surface area is 140 Å². The van der Waals surface area contributed by atoms with E-state index in [4.69, 9.17) is 9.47 Å². The van der Waals surface area contributed by atoms with Crippen LogP contribution in [0, 0.1) is 0 Å². The van der Waals surface area contributed by atoms with Crippen LogP contribution in [0.5, 0.6) is 0 Å². The van der Waals surface area contributed by atoms with Gasteiger partial charge in [0.2, 0.25) is 0 Å². The Morgan fingerprint density at radius 3 is 2.48 bits per heavy atom. The molecule has 0 spiro atoms. The fraction of sp³-hybridized carbons (Fsp3) is 0.667. The standard InChI is InChI=1S/C15H23N3O4S/c1-5-21-12(19)11-10-16-13(23-11)17-6-8-18(9-7-17)14(20)22-15(2,3)4/h10H,5-9H2,1-4H3. The van der Waals surface area contributed by atoms with Gasteiger partial charge in [-0.1, -0.05) is 11.3 Å². The lowest BCUT2D eigenvalue weighted by Crippen LogP contribution is -2.50. The van der Waals surface area contributed by atoms with Crippen molar-refractivity contribution < 1.29 is 19.1 Å². The lowest BCUT2D eigenvalue weighted by Gasteiger charge is -2.35. The van der Waals surface area contributed by atoms with Crippen molar-refractivity contribution in [1.82, 2.24) is 9.88 Å². The maximum absolute atomic E-state index is 12.0. The number of nitrogens with zero attached hydrogens (tertiary/aromatic N) is 3. The summed E-state index contributed by atoms with van der Waals surface area (Å²) in [7, 11) is 0. The highest BCUT2D eigenvalue weighted by atomic mass is 32.1. The van der Waals surface area contributed by atoms with Gasteiger partial charge in [-0.15, -0.1) is 0 Å². The molecule has 0 N–H and O–H groups in total. The largest absolute Gasteiger partial charge is 0.462 e. The molecule has 1 aliphatic rings. The Balaban J connectivity index is 1.89. The number of esters is 1. The summed E-state index contributed by atoms with van der Waals surface area (Å²) in [5.41, 5.74) is -0.488. The van der Waals surface area contributed by atoms with Gasteiger partial charge in [0.05, 0.1) is 12.8 Å². The van der Waals surface area contributed by atoms with Crippen LogP contribution in [0.15, 0.2) is 6.20 Å². The monoisotopic (exact) mass is 341 g/mol. The fourth-order valence-electron chi connectivity index (χ4n) is 2.11. The van der Waals surface area contributed by atoms with Crippen molar-refractivity contribution in [1.29, 1.82) is 0 Å². The number of carbonyl (C=O) groups excluding carboxylic acids is 2. The van der Waals surface area contributed by atoms with Crippen LogP contribution in [0.3, 0.4) is 0 Å². The summed E-state index contributed by atoms with van der Waals surface area (Å²) < 4.78 is 10.3. The van der Waals surface area contributed by atoms with Crippen molar-refractivity contribution in [2.24, 2.45) is 0 Å². The molecule has 1 amide bonds. The van der Waals surface area contributed by atoms with Crippen molar-refractivity contribution >= 4 is 28.5 Å². The van der Waals surface area contributed by atoms with Crippen molar-refractivity contribution in [3.63, 3.8) is 0 Å². The summed E-state index contributed by atoms with van der Waals surface area (Å²) in [5.74, 6) is -0.344. The third-order valence-electron chi connectivity index (χ3n) is 3.17. The maximum atomic E-state index is 12.0. The Hall–Kier alpha value is -1.83. The minimum Gasteiger partial charge on any atom is -0.462 e. The van der Waals surface area contributed by atoms with E-state index >= 15 is 0 Å². The van der Waals surface area contributed by atoms with E-state index < -0.39 is 5.60 Å². The third-order valence-corrected chi connectivity index (χ3v) is 4.21. The van der Waals surface area contributed by atoms with Crippen molar-refractivity contribution in [2.45, 2.75) is 33.3 Å². The molecular weight excluding hydrogens is 318 g/mol. The van der Waals surface area contributed by atoms with Crippen LogP contribution in [0.1, 0.15) is 37.4 Å². The molecule has 1 saturated heterocycles. The minimum atomic E-state index is -0.488. The highest BCUT2D eigenvalue weighted by Crippen LogP contribution is 2.24. The van der Waals surface area contributed by atoms with E-state index in [9.17, 15) is 9.59 Å². The molecule has 2 heterocycles. The zero-order chi connectivity index (χ0) is 17.0. The molecule has 0 atom stereocenters. The molecule has 1 aromatic heterocycles. The van der Waals surface area contributed by atoms with E-state index in [2.05, 4.69) is 9.88 Å². The van der Waals surface area contributed by atoms with Crippen LogP contribution in [-0.4, -0.2) is 60.3 Å². The number of aromatic nitrogens is 1. The Bertz CT molecular complexity index is 559. The fourth-order valence-corrected chi connectivity index (χ4v) is 2.98. The van der Waals surface area contributed by atoms with Crippen molar-refractivity contribution in [3.05, 3.63) is 11.1 Å². The van der Waals surface area contributed by atoms with Crippen LogP contribution in [0.4, 0.5) is 9.93 Å². The summed E-state index contributed by atoms with van der Waals surface area (Å²) in [4.78, 5) is 32.2. The molecule has 8 heteroatoms. The first-order chi connectivity index (χ1) is 10.8. The average Bonchev–Trinajstić information content (AvgIpc) is 2.96. The van der Waals surface area contributed by atoms with Gasteiger partial charge in [-0.3, -0.25) is 0 Å². The van der Waals surface area contributed by atoms with Crippen LogP contribution < -0.4 is 4.90 Å². The molecule has 1 aromatic rings. The first-order valence-corrected chi connectivity index (χ1v) is 8.47. The molecule has 0 saturated carbocycles. The average molecular weight is 341 g/mol. The first-order valence-electron chi connectivity index (χ1n) is 7.66. The summed E-state index contributed by atoms with van der Waals surface area (Å²) in [6, 6.07) is 0. The Morgan fingerprint density at radius 2 is 1.91 bits per heavy atom. The van der Waals surface area contributed by atoms with Gasteiger partial charge in [-0.2, -0.15) is 0 Å². The van der Waals surface area contributed by atoms with E-state index in [0.29, 0.717) is 37.7 Å². The molecule has 0 bridgehead atoms. The first kappa shape index (κ1) is 17.5. The zero-order valence-electron chi connectivity index (χ0n) is 14.0. The molecule has 0 unspecified atom stereocenters. The molecule has 0 aliphatic carbocycles. The molecule has 1 fully saturated rings. The smallest absolute Gasteiger partial charge is 0.410 e. The Kier molecular flexibility index (Phi) is 5.46. The normalized spacial score (nSPS) is 15.5. The van der Waals surface area contributed by atoms with E-state index in [1.807, 2.05) is 20.8 Å². The second kappa shape index (κ2) is 7.16. The van der Waals surface area contributed by atoms with E-state index in [0.717, 1.165) is 5.13 Å². The number of hydrogen-bond donors (Lipinski definition) is 0. The van der Waals surface area contributed by atoms with Gasteiger partial charge < -0.3 is 19.3 Å². The van der Waals surface area contributed by atoms with Crippen LogP contribution in [-0.2, 0) is 9.47 Å². The molecule has 2 rings (SSSR count). The summed E-state index contributed by atoms with van der Waals surface area (Å²) in [6.45, 7) is 10.2. The van der Waals surface area contributed by atoms with Gasteiger partial charge >= 0.3 is 12.1 Å². The van der Waals surface area contributed by atoms with Gasteiger partial charge in [-0.05, 0) is 27.7 Å². The lowest BCUT2D eigenvalue weighted by atomic mass is 10.2. The van der Waals surface area contributed by atoms with Crippen LogP contribution in [0.2, 0.25) is 0 Å². The van der Waals surface area contributed by atoms with Crippen LogP contribution in [0.25, 0.3) is 0 Å². The number of rotatable bonds is 3. The second-order valence-electron chi connectivity index (χ2n) is 6.18. The minimum absolute atomic E-state index is 0.288. The molecule has 0 radical (unpaired) electrons. The quantitative estimate of drug-likeness (QED) is 0.786. The summed E-state index contributed by atoms with van der Waals surface area (Å²) in [5, 5.41) is 0.775. The van der Waals surface area contributed by atoms with Gasteiger partial charge in [-0.25, -0.2) is 14.6 Å². The van der Waals surface area contributed by atoms with Gasteiger partial charge in [0.1, 0.15) is 10.5 Å². The third kappa shape index (κ3) is 4.82. The molecule has 1 aliphatic heterocycles. The zero-order valence-corrected chi connectivity index (χ0v) is 14.8. The number of anilines is 1. The van der Waals surface area contributed by atoms with Crippen LogP contribution >= 0.6 is 11.3 Å². The Morgan fingerprint density at radius 1 is 1.26 bits per heavy atom. The highest BCUT2D eigenvalue weighted by Gasteiger charge is 2.27. The molecule has 0 aromatic carbocycles. The predicted molar refractivity (Wildman–Crippen MR) is 88.1 cm³/mol. The maximum Gasteiger partial charge on any atom is 0.410 e. The van der Waals surface area contributed by atoms with E-state index in [1.165, 1.54) is 17.5 Å². The number of thiazole rings is 1. The summed E-state index contributed by atoms with van der Waals surface area (Å²) in [6.07, 6.45) is 1.25. The van der Waals surface area contributed by atoms with Gasteiger partial charge in [0.25, 0.3) is 0 Å². The predicted octanol–water partition coefficient (Wildman–Crippen LogP) is 2.38. The second-order valence-corrected chi connectivity index (χ2v) is 7.19. The van der Waals surface area contributed by atoms with Crippen molar-refractivity contribution in [3.8, 4) is 0 Å². The number of ether oxygens (including phenoxy) is 2. The summed E-state index contributed by atoms with van der Waals surface area (Å²) >= 11 is 1.31. The number of hydrogen-bond acceptors (Lipinski definition) is 7. The number of amides is 1. The molecular formula is C15H23N3O4S. The van der Waals surface area contributed by atoms with E-state index in [1.54, 1.807) is 11.8 Å². The number of carbonyl (C=O) groups is 2. The molecule has 128 valence electrons. The highest BCUT2D eigenvalue weighted by molar-refractivity contribution is 7.17.